The van der Waals surface area contributed by atoms with E-state index in [0.717, 1.165) is 10.6 Å². The van der Waals surface area contributed by atoms with Crippen LogP contribution in [0.2, 0.25) is 0 Å². The molecule has 1 aromatic heterocycles. The van der Waals surface area contributed by atoms with Crippen molar-refractivity contribution in [1.29, 1.82) is 0 Å². The highest BCUT2D eigenvalue weighted by Crippen LogP contribution is 2.24. The fraction of sp³-hybridized carbons (Fsp3) is 0.286. The molecule has 2 heterocycles. The van der Waals surface area contributed by atoms with Crippen molar-refractivity contribution in [3.05, 3.63) is 39.6 Å². The quantitative estimate of drug-likeness (QED) is 0.612. The Labute approximate surface area is 122 Å². The SMILES string of the molecule is C=C(SCC)C1=N/C(=C/c2cccs2)C(=O)O1.CC. The molecular weight excluding hydrogens is 278 g/mol. The molecule has 0 fully saturated rings. The number of thiophene rings is 1. The average molecular weight is 295 g/mol. The zero-order valence-corrected chi connectivity index (χ0v) is 12.9. The van der Waals surface area contributed by atoms with E-state index in [1.165, 1.54) is 11.8 Å². The predicted molar refractivity (Wildman–Crippen MR) is 84.4 cm³/mol. The number of hydrogen-bond acceptors (Lipinski definition) is 5. The van der Waals surface area contributed by atoms with Crippen LogP contribution >= 0.6 is 23.1 Å². The zero-order chi connectivity index (χ0) is 14.3. The van der Waals surface area contributed by atoms with Gasteiger partial charge in [-0.3, -0.25) is 0 Å². The molecule has 0 bridgehead atoms. The van der Waals surface area contributed by atoms with Crippen LogP contribution in [0.5, 0.6) is 0 Å². The van der Waals surface area contributed by atoms with Gasteiger partial charge in [-0.25, -0.2) is 9.79 Å². The van der Waals surface area contributed by atoms with Crippen LogP contribution < -0.4 is 0 Å². The van der Waals surface area contributed by atoms with Crippen LogP contribution in [0.15, 0.2) is 39.7 Å². The molecule has 19 heavy (non-hydrogen) atoms. The third-order valence-corrected chi connectivity index (χ3v) is 3.63. The lowest BCUT2D eigenvalue weighted by Crippen LogP contribution is -2.04. The molecule has 102 valence electrons. The monoisotopic (exact) mass is 295 g/mol. The number of cyclic esters (lactones) is 1. The molecule has 1 aliphatic rings. The standard InChI is InChI=1S/C12H11NO2S2.C2H6/c1-3-16-8(2)11-13-10(12(14)15-11)7-9-5-4-6-17-9;1-2/h4-7H,2-3H2,1H3;1-2H3/b10-7+;. The lowest BCUT2D eigenvalue weighted by atomic mass is 10.3. The third kappa shape index (κ3) is 4.36. The largest absolute Gasteiger partial charge is 0.401 e. The lowest BCUT2D eigenvalue weighted by Gasteiger charge is -1.99. The molecule has 0 amide bonds. The van der Waals surface area contributed by atoms with Crippen LogP contribution in [0.4, 0.5) is 0 Å². The van der Waals surface area contributed by atoms with E-state index in [2.05, 4.69) is 11.6 Å². The van der Waals surface area contributed by atoms with E-state index in [4.69, 9.17) is 4.74 Å². The van der Waals surface area contributed by atoms with Gasteiger partial charge in [0, 0.05) is 4.88 Å². The summed E-state index contributed by atoms with van der Waals surface area (Å²) < 4.78 is 5.06. The molecule has 0 saturated heterocycles. The maximum Gasteiger partial charge on any atom is 0.363 e. The number of carbonyl (C=O) groups is 1. The van der Waals surface area contributed by atoms with Gasteiger partial charge in [0.1, 0.15) is 0 Å². The fourth-order valence-electron chi connectivity index (χ4n) is 1.27. The molecular formula is C14H17NO2S2. The van der Waals surface area contributed by atoms with E-state index in [1.807, 2.05) is 38.3 Å². The summed E-state index contributed by atoms with van der Waals surface area (Å²) in [4.78, 5) is 17.4. The van der Waals surface area contributed by atoms with Gasteiger partial charge in [0.15, 0.2) is 5.70 Å². The number of rotatable bonds is 4. The molecule has 3 nitrogen and oxygen atoms in total. The van der Waals surface area contributed by atoms with E-state index >= 15 is 0 Å². The predicted octanol–water partition coefficient (Wildman–Crippen LogP) is 4.34. The number of aliphatic imine (C=N–C) groups is 1. The molecule has 0 unspecified atom stereocenters. The Morgan fingerprint density at radius 1 is 1.58 bits per heavy atom. The van der Waals surface area contributed by atoms with Gasteiger partial charge >= 0.3 is 5.97 Å². The minimum Gasteiger partial charge on any atom is -0.401 e. The molecule has 0 aromatic carbocycles. The maximum absolute atomic E-state index is 11.6. The van der Waals surface area contributed by atoms with E-state index in [-0.39, 0.29) is 0 Å². The number of esters is 1. The third-order valence-electron chi connectivity index (χ3n) is 2.00. The van der Waals surface area contributed by atoms with Crippen molar-refractivity contribution in [1.82, 2.24) is 0 Å². The Balaban J connectivity index is 0.000000861. The smallest absolute Gasteiger partial charge is 0.363 e. The Hall–Kier alpha value is -1.33. The summed E-state index contributed by atoms with van der Waals surface area (Å²) >= 11 is 3.06. The van der Waals surface area contributed by atoms with E-state index < -0.39 is 5.97 Å². The van der Waals surface area contributed by atoms with Crippen molar-refractivity contribution < 1.29 is 9.53 Å². The summed E-state index contributed by atoms with van der Waals surface area (Å²) in [5.74, 6) is 0.787. The van der Waals surface area contributed by atoms with E-state index in [9.17, 15) is 4.79 Å². The number of thioether (sulfide) groups is 1. The van der Waals surface area contributed by atoms with Gasteiger partial charge in [-0.15, -0.1) is 23.1 Å². The van der Waals surface area contributed by atoms with Crippen molar-refractivity contribution in [2.75, 3.05) is 5.75 Å². The fourth-order valence-corrected chi connectivity index (χ4v) is 2.48. The number of carbonyl (C=O) groups excluding carboxylic acids is 1. The van der Waals surface area contributed by atoms with Gasteiger partial charge < -0.3 is 4.74 Å². The minimum absolute atomic E-state index is 0.324. The molecule has 0 radical (unpaired) electrons. The first-order valence-electron chi connectivity index (χ1n) is 6.09. The number of ether oxygens (including phenoxy) is 1. The summed E-state index contributed by atoms with van der Waals surface area (Å²) in [5, 5.41) is 1.95. The Kier molecular flexibility index (Phi) is 6.59. The second-order valence-corrected chi connectivity index (χ2v) is 5.55. The number of nitrogens with zero attached hydrogens (tertiary/aromatic N) is 1. The molecule has 5 heteroatoms. The first-order chi connectivity index (χ1) is 9.20. The van der Waals surface area contributed by atoms with Gasteiger partial charge in [0.05, 0.1) is 4.91 Å². The normalized spacial score (nSPS) is 15.6. The molecule has 0 aliphatic carbocycles. The van der Waals surface area contributed by atoms with Crippen LogP contribution in [0, 0.1) is 0 Å². The summed E-state index contributed by atoms with van der Waals surface area (Å²) in [6.45, 7) is 9.83. The summed E-state index contributed by atoms with van der Waals surface area (Å²) in [7, 11) is 0. The molecule has 0 spiro atoms. The van der Waals surface area contributed by atoms with Gasteiger partial charge in [0.25, 0.3) is 0 Å². The minimum atomic E-state index is -0.411. The lowest BCUT2D eigenvalue weighted by molar-refractivity contribution is -0.129. The second kappa shape index (κ2) is 7.96. The molecule has 0 atom stereocenters. The van der Waals surface area contributed by atoms with Crippen LogP contribution in [0.1, 0.15) is 25.6 Å². The summed E-state index contributed by atoms with van der Waals surface area (Å²) in [5.41, 5.74) is 0.334. The van der Waals surface area contributed by atoms with Crippen molar-refractivity contribution in [3.63, 3.8) is 0 Å². The molecule has 0 N–H and O–H groups in total. The van der Waals surface area contributed by atoms with E-state index in [0.29, 0.717) is 16.5 Å². The highest BCUT2D eigenvalue weighted by Gasteiger charge is 2.24. The maximum atomic E-state index is 11.6. The second-order valence-electron chi connectivity index (χ2n) is 3.21. The first kappa shape index (κ1) is 15.7. The van der Waals surface area contributed by atoms with Crippen molar-refractivity contribution >= 4 is 41.0 Å². The molecule has 1 aliphatic heterocycles. The van der Waals surface area contributed by atoms with Gasteiger partial charge in [-0.1, -0.05) is 33.4 Å². The number of hydrogen-bond donors (Lipinski definition) is 0. The van der Waals surface area contributed by atoms with Gasteiger partial charge in [-0.2, -0.15) is 0 Å². The van der Waals surface area contributed by atoms with Gasteiger partial charge in [0.2, 0.25) is 5.90 Å². The highest BCUT2D eigenvalue weighted by molar-refractivity contribution is 8.03. The van der Waals surface area contributed by atoms with Crippen LogP contribution in [0.25, 0.3) is 6.08 Å². The van der Waals surface area contributed by atoms with E-state index in [1.54, 1.807) is 17.4 Å². The molecule has 0 saturated carbocycles. The molecule has 1 aromatic rings. The van der Waals surface area contributed by atoms with Crippen molar-refractivity contribution in [2.24, 2.45) is 4.99 Å². The van der Waals surface area contributed by atoms with Crippen molar-refractivity contribution in [3.8, 4) is 0 Å². The first-order valence-corrected chi connectivity index (χ1v) is 7.95. The Bertz CT molecular complexity index is 502. The van der Waals surface area contributed by atoms with Crippen molar-refractivity contribution in [2.45, 2.75) is 20.8 Å². The Morgan fingerprint density at radius 3 is 2.89 bits per heavy atom. The van der Waals surface area contributed by atoms with Crippen LogP contribution in [0.3, 0.4) is 0 Å². The van der Waals surface area contributed by atoms with Crippen LogP contribution in [-0.2, 0) is 9.53 Å². The molecule has 2 rings (SSSR count). The van der Waals surface area contributed by atoms with Gasteiger partial charge in [-0.05, 0) is 23.3 Å². The average Bonchev–Trinajstić information content (AvgIpc) is 3.04. The highest BCUT2D eigenvalue weighted by atomic mass is 32.2. The Morgan fingerprint density at radius 2 is 2.32 bits per heavy atom. The summed E-state index contributed by atoms with van der Waals surface area (Å²) in [6.07, 6.45) is 1.73. The summed E-state index contributed by atoms with van der Waals surface area (Å²) in [6, 6.07) is 3.85. The van der Waals surface area contributed by atoms with Crippen LogP contribution in [-0.4, -0.2) is 17.6 Å². The zero-order valence-electron chi connectivity index (χ0n) is 11.3. The topological polar surface area (TPSA) is 38.7 Å².